The van der Waals surface area contributed by atoms with Crippen molar-refractivity contribution in [3.63, 3.8) is 0 Å². The van der Waals surface area contributed by atoms with Crippen LogP contribution in [0.1, 0.15) is 0 Å². The summed E-state index contributed by atoms with van der Waals surface area (Å²) in [6.07, 6.45) is 0. The second-order valence-corrected chi connectivity index (χ2v) is 4.35. The van der Waals surface area contributed by atoms with Gasteiger partial charge < -0.3 is 10.6 Å². The van der Waals surface area contributed by atoms with Crippen molar-refractivity contribution in [2.24, 2.45) is 0 Å². The number of carbonyl (C=O) groups is 2. The molecule has 2 amide bonds. The first-order valence-corrected chi connectivity index (χ1v) is 6.33. The molecule has 0 aliphatic carbocycles. The number of amides is 2. The first-order chi connectivity index (χ1) is 8.67. The molecule has 0 saturated heterocycles. The van der Waals surface area contributed by atoms with Crippen molar-refractivity contribution >= 4 is 40.9 Å². The van der Waals surface area contributed by atoms with Crippen LogP contribution in [-0.2, 0) is 9.59 Å². The quantitative estimate of drug-likeness (QED) is 0.380. The molecule has 0 spiro atoms. The number of thiocyanates is 1. The number of nitriles is 1. The maximum atomic E-state index is 11.4. The number of hydrogen-bond acceptors (Lipinski definition) is 4. The van der Waals surface area contributed by atoms with Crippen molar-refractivity contribution in [2.75, 3.05) is 17.7 Å². The molecule has 0 radical (unpaired) electrons. The van der Waals surface area contributed by atoms with Crippen molar-refractivity contribution in [2.45, 2.75) is 4.90 Å². The number of anilines is 1. The van der Waals surface area contributed by atoms with Gasteiger partial charge in [-0.05, 0) is 36.0 Å². The lowest BCUT2D eigenvalue weighted by atomic mass is 10.3. The summed E-state index contributed by atoms with van der Waals surface area (Å²) in [6.45, 7) is 0.242. The van der Waals surface area contributed by atoms with Crippen LogP contribution in [0, 0.1) is 10.7 Å². The van der Waals surface area contributed by atoms with Crippen molar-refractivity contribution in [1.82, 2.24) is 5.32 Å². The number of carbonyl (C=O) groups excluding carboxylic acids is 2. The average Bonchev–Trinajstić information content (AvgIpc) is 2.38. The van der Waals surface area contributed by atoms with Crippen molar-refractivity contribution < 1.29 is 9.59 Å². The Labute approximate surface area is 113 Å². The van der Waals surface area contributed by atoms with Crippen molar-refractivity contribution in [3.05, 3.63) is 24.3 Å². The zero-order valence-electron chi connectivity index (χ0n) is 9.27. The molecule has 0 aliphatic rings. The molecule has 1 aromatic rings. The van der Waals surface area contributed by atoms with E-state index in [4.69, 9.17) is 16.9 Å². The number of alkyl halides is 1. The van der Waals surface area contributed by atoms with E-state index in [1.807, 2.05) is 5.40 Å². The lowest BCUT2D eigenvalue weighted by molar-refractivity contribution is -0.136. The van der Waals surface area contributed by atoms with Gasteiger partial charge in [-0.3, -0.25) is 9.59 Å². The largest absolute Gasteiger partial charge is 0.347 e. The molecule has 0 saturated carbocycles. The van der Waals surface area contributed by atoms with Gasteiger partial charge in [0, 0.05) is 23.0 Å². The molecule has 0 fully saturated rings. The first-order valence-electron chi connectivity index (χ1n) is 4.98. The Kier molecular flexibility index (Phi) is 6.05. The molecule has 0 heterocycles. The number of nitrogens with one attached hydrogen (secondary N) is 2. The molecule has 0 atom stereocenters. The summed E-state index contributed by atoms with van der Waals surface area (Å²) >= 11 is 6.40. The summed E-state index contributed by atoms with van der Waals surface area (Å²) in [5, 5.41) is 15.2. The SMILES string of the molecule is N#CSc1ccc(NC(=O)C(=O)NCCCl)cc1. The molecular weight excluding hydrogens is 274 g/mol. The highest BCUT2D eigenvalue weighted by atomic mass is 35.5. The number of thioether (sulfide) groups is 1. The smallest absolute Gasteiger partial charge is 0.313 e. The Morgan fingerprint density at radius 1 is 1.28 bits per heavy atom. The van der Waals surface area contributed by atoms with Gasteiger partial charge in [0.15, 0.2) is 0 Å². The number of rotatable bonds is 4. The maximum absolute atomic E-state index is 11.4. The van der Waals surface area contributed by atoms with Gasteiger partial charge in [0.2, 0.25) is 0 Å². The molecule has 0 unspecified atom stereocenters. The molecule has 7 heteroatoms. The molecule has 5 nitrogen and oxygen atoms in total. The second-order valence-electron chi connectivity index (χ2n) is 3.12. The van der Waals surface area contributed by atoms with E-state index >= 15 is 0 Å². The van der Waals surface area contributed by atoms with Gasteiger partial charge in [0.1, 0.15) is 5.40 Å². The standard InChI is InChI=1S/C11H10ClN3O2S/c12-5-6-14-10(16)11(17)15-8-1-3-9(4-2-8)18-7-13/h1-4H,5-6H2,(H,14,16)(H,15,17). The van der Waals surface area contributed by atoms with Gasteiger partial charge in [0.05, 0.1) is 0 Å². The first kappa shape index (κ1) is 14.4. The Balaban J connectivity index is 2.54. The molecule has 18 heavy (non-hydrogen) atoms. The Bertz CT molecular complexity index is 470. The van der Waals surface area contributed by atoms with E-state index < -0.39 is 11.8 Å². The Morgan fingerprint density at radius 2 is 1.94 bits per heavy atom. The van der Waals surface area contributed by atoms with Crippen LogP contribution in [0.5, 0.6) is 0 Å². The summed E-state index contributed by atoms with van der Waals surface area (Å²) < 4.78 is 0. The molecule has 1 aromatic carbocycles. The van der Waals surface area contributed by atoms with Gasteiger partial charge in [0.25, 0.3) is 0 Å². The number of halogens is 1. The highest BCUT2D eigenvalue weighted by Crippen LogP contribution is 2.18. The van der Waals surface area contributed by atoms with Crippen LogP contribution in [0.25, 0.3) is 0 Å². The maximum Gasteiger partial charge on any atom is 0.313 e. The molecule has 1 rings (SSSR count). The highest BCUT2D eigenvalue weighted by molar-refractivity contribution is 8.03. The normalized spacial score (nSPS) is 9.33. The minimum atomic E-state index is -0.749. The van der Waals surface area contributed by atoms with Crippen LogP contribution in [-0.4, -0.2) is 24.2 Å². The zero-order chi connectivity index (χ0) is 13.4. The van der Waals surface area contributed by atoms with Crippen LogP contribution in [0.2, 0.25) is 0 Å². The summed E-state index contributed by atoms with van der Waals surface area (Å²) in [4.78, 5) is 23.4. The summed E-state index contributed by atoms with van der Waals surface area (Å²) in [5.41, 5.74) is 0.489. The van der Waals surface area contributed by atoms with Gasteiger partial charge in [-0.15, -0.1) is 11.6 Å². The van der Waals surface area contributed by atoms with Gasteiger partial charge in [-0.2, -0.15) is 5.26 Å². The zero-order valence-corrected chi connectivity index (χ0v) is 10.8. The highest BCUT2D eigenvalue weighted by Gasteiger charge is 2.12. The van der Waals surface area contributed by atoms with Crippen LogP contribution in [0.4, 0.5) is 5.69 Å². The molecule has 94 valence electrons. The predicted molar refractivity (Wildman–Crippen MR) is 70.3 cm³/mol. The Hall–Kier alpha value is -1.71. The number of hydrogen-bond donors (Lipinski definition) is 2. The van der Waals surface area contributed by atoms with Gasteiger partial charge >= 0.3 is 11.8 Å². The predicted octanol–water partition coefficient (Wildman–Crippen LogP) is 1.55. The fourth-order valence-electron chi connectivity index (χ4n) is 1.09. The number of nitrogens with zero attached hydrogens (tertiary/aromatic N) is 1. The van der Waals surface area contributed by atoms with Crippen LogP contribution in [0.15, 0.2) is 29.2 Å². The molecule has 2 N–H and O–H groups in total. The second kappa shape index (κ2) is 7.58. The topological polar surface area (TPSA) is 82.0 Å². The molecule has 0 aromatic heterocycles. The van der Waals surface area contributed by atoms with E-state index in [1.54, 1.807) is 24.3 Å². The van der Waals surface area contributed by atoms with Gasteiger partial charge in [-0.1, -0.05) is 0 Å². The third kappa shape index (κ3) is 4.65. The monoisotopic (exact) mass is 283 g/mol. The van der Waals surface area contributed by atoms with Gasteiger partial charge in [-0.25, -0.2) is 0 Å². The van der Waals surface area contributed by atoms with Crippen molar-refractivity contribution in [3.8, 4) is 5.40 Å². The lowest BCUT2D eigenvalue weighted by Gasteiger charge is -2.05. The minimum Gasteiger partial charge on any atom is -0.347 e. The van der Waals surface area contributed by atoms with E-state index in [9.17, 15) is 9.59 Å². The fourth-order valence-corrected chi connectivity index (χ4v) is 1.56. The van der Waals surface area contributed by atoms with E-state index in [0.29, 0.717) is 5.69 Å². The average molecular weight is 284 g/mol. The third-order valence-corrected chi connectivity index (χ3v) is 2.65. The van der Waals surface area contributed by atoms with Crippen molar-refractivity contribution in [1.29, 1.82) is 5.26 Å². The molecule has 0 bridgehead atoms. The fraction of sp³-hybridized carbons (Fsp3) is 0.182. The summed E-state index contributed by atoms with van der Waals surface area (Å²) in [6, 6.07) is 6.60. The molecular formula is C11H10ClN3O2S. The van der Waals surface area contributed by atoms with E-state index in [0.717, 1.165) is 16.7 Å². The van der Waals surface area contributed by atoms with Crippen LogP contribution >= 0.6 is 23.4 Å². The van der Waals surface area contributed by atoms with E-state index in [2.05, 4.69) is 10.6 Å². The minimum absolute atomic E-state index is 0.242. The number of benzene rings is 1. The lowest BCUT2D eigenvalue weighted by Crippen LogP contribution is -2.36. The summed E-state index contributed by atoms with van der Waals surface area (Å²) in [5.74, 6) is -1.23. The van der Waals surface area contributed by atoms with E-state index in [-0.39, 0.29) is 12.4 Å². The Morgan fingerprint density at radius 3 is 2.50 bits per heavy atom. The van der Waals surface area contributed by atoms with E-state index in [1.165, 1.54) is 0 Å². The molecule has 0 aliphatic heterocycles. The van der Waals surface area contributed by atoms with Crippen LogP contribution < -0.4 is 10.6 Å². The summed E-state index contributed by atoms with van der Waals surface area (Å²) in [7, 11) is 0. The van der Waals surface area contributed by atoms with Crippen LogP contribution in [0.3, 0.4) is 0 Å². The third-order valence-electron chi connectivity index (χ3n) is 1.86.